The first-order valence-corrected chi connectivity index (χ1v) is 9.56. The van der Waals surface area contributed by atoms with E-state index in [4.69, 9.17) is 21.2 Å². The summed E-state index contributed by atoms with van der Waals surface area (Å²) in [5, 5.41) is 5.78. The lowest BCUT2D eigenvalue weighted by Crippen LogP contribution is -2.49. The number of carbonyl (C=O) groups excluding carboxylic acids is 2. The Hall–Kier alpha value is -3.03. The van der Waals surface area contributed by atoms with Crippen LogP contribution in [0.1, 0.15) is 11.1 Å². The van der Waals surface area contributed by atoms with Gasteiger partial charge in [0.2, 0.25) is 5.91 Å². The highest BCUT2D eigenvalue weighted by molar-refractivity contribution is 6.29. The van der Waals surface area contributed by atoms with Crippen LogP contribution < -0.4 is 16.1 Å². The third kappa shape index (κ3) is 6.81. The van der Waals surface area contributed by atoms with Crippen molar-refractivity contribution in [2.45, 2.75) is 25.2 Å². The standard InChI is InChI=1S/C21H22ClN3O4/c22-19-12-17(29-25-19)13-23-20(26)18(11-15-7-3-1-4-8-15)24-21(27)28-14-16-9-5-2-6-10-16/h1-10,12,17-18,25H,11,13-14H2,(H,23,26)(H,24,27)/t17?,18-/m1/s1. The quantitative estimate of drug-likeness (QED) is 0.577. The van der Waals surface area contributed by atoms with Gasteiger partial charge < -0.3 is 15.4 Å². The summed E-state index contributed by atoms with van der Waals surface area (Å²) in [5.74, 6) is -0.342. The molecular formula is C21H22ClN3O4. The second-order valence-corrected chi connectivity index (χ2v) is 6.87. The van der Waals surface area contributed by atoms with Gasteiger partial charge in [0.05, 0.1) is 6.54 Å². The minimum absolute atomic E-state index is 0.122. The number of hydrogen-bond acceptors (Lipinski definition) is 5. The molecule has 2 amide bonds. The molecule has 1 heterocycles. The van der Waals surface area contributed by atoms with Gasteiger partial charge in [-0.15, -0.1) is 0 Å². The number of alkyl carbamates (subject to hydrolysis) is 1. The topological polar surface area (TPSA) is 88.7 Å². The third-order valence-corrected chi connectivity index (χ3v) is 4.42. The lowest BCUT2D eigenvalue weighted by atomic mass is 10.1. The molecule has 152 valence electrons. The summed E-state index contributed by atoms with van der Waals surface area (Å²) in [6, 6.07) is 18.0. The first-order chi connectivity index (χ1) is 14.1. The number of nitrogens with one attached hydrogen (secondary N) is 3. The molecule has 2 aromatic rings. The van der Waals surface area contributed by atoms with Crippen molar-refractivity contribution >= 4 is 23.6 Å². The molecule has 3 rings (SSSR count). The van der Waals surface area contributed by atoms with Gasteiger partial charge in [-0.1, -0.05) is 72.3 Å². The SMILES string of the molecule is O=C(N[C@H](Cc1ccccc1)C(=O)NCC1C=C(Cl)NO1)OCc1ccccc1. The van der Waals surface area contributed by atoms with Crippen LogP contribution >= 0.6 is 11.6 Å². The van der Waals surface area contributed by atoms with E-state index in [9.17, 15) is 9.59 Å². The molecule has 0 radical (unpaired) electrons. The second-order valence-electron chi connectivity index (χ2n) is 6.47. The molecule has 0 aromatic heterocycles. The minimum atomic E-state index is -0.797. The van der Waals surface area contributed by atoms with Gasteiger partial charge in [0.25, 0.3) is 0 Å². The normalized spacial score (nSPS) is 16.3. The van der Waals surface area contributed by atoms with Crippen molar-refractivity contribution in [2.24, 2.45) is 0 Å². The van der Waals surface area contributed by atoms with E-state index < -0.39 is 12.1 Å². The summed E-state index contributed by atoms with van der Waals surface area (Å²) in [5.41, 5.74) is 4.29. The van der Waals surface area contributed by atoms with Crippen LogP contribution in [0.4, 0.5) is 4.79 Å². The third-order valence-electron chi connectivity index (χ3n) is 4.22. The molecule has 2 atom stereocenters. The molecule has 0 saturated carbocycles. The van der Waals surface area contributed by atoms with E-state index in [1.807, 2.05) is 60.7 Å². The molecule has 0 fully saturated rings. The van der Waals surface area contributed by atoms with Crippen LogP contribution in [0.3, 0.4) is 0 Å². The number of amides is 2. The Kier molecular flexibility index (Phi) is 7.49. The van der Waals surface area contributed by atoms with Gasteiger partial charge in [-0.3, -0.25) is 15.1 Å². The Balaban J connectivity index is 1.57. The van der Waals surface area contributed by atoms with E-state index in [2.05, 4.69) is 16.1 Å². The van der Waals surface area contributed by atoms with Gasteiger partial charge >= 0.3 is 6.09 Å². The van der Waals surface area contributed by atoms with Gasteiger partial charge in [0, 0.05) is 6.42 Å². The summed E-state index contributed by atoms with van der Waals surface area (Å²) >= 11 is 5.79. The highest BCUT2D eigenvalue weighted by atomic mass is 35.5. The average Bonchev–Trinajstić information content (AvgIpc) is 3.17. The Morgan fingerprint density at radius 1 is 1.07 bits per heavy atom. The molecule has 3 N–H and O–H groups in total. The van der Waals surface area contributed by atoms with Crippen LogP contribution in [0.25, 0.3) is 0 Å². The Morgan fingerprint density at radius 3 is 2.34 bits per heavy atom. The number of hydroxylamine groups is 1. The van der Waals surface area contributed by atoms with Gasteiger partial charge in [-0.05, 0) is 17.2 Å². The summed E-state index contributed by atoms with van der Waals surface area (Å²) in [4.78, 5) is 30.1. The summed E-state index contributed by atoms with van der Waals surface area (Å²) < 4.78 is 5.25. The highest BCUT2D eigenvalue weighted by Gasteiger charge is 2.24. The van der Waals surface area contributed by atoms with Crippen LogP contribution in [0.15, 0.2) is 71.9 Å². The van der Waals surface area contributed by atoms with Crippen molar-refractivity contribution in [1.29, 1.82) is 0 Å². The van der Waals surface area contributed by atoms with Crippen LogP contribution in [0, 0.1) is 0 Å². The number of ether oxygens (including phenoxy) is 1. The molecule has 0 bridgehead atoms. The van der Waals surface area contributed by atoms with E-state index in [0.717, 1.165) is 11.1 Å². The van der Waals surface area contributed by atoms with E-state index >= 15 is 0 Å². The van der Waals surface area contributed by atoms with Crippen molar-refractivity contribution in [3.05, 3.63) is 83.0 Å². The Labute approximate surface area is 174 Å². The lowest BCUT2D eigenvalue weighted by molar-refractivity contribution is -0.123. The van der Waals surface area contributed by atoms with E-state index in [-0.39, 0.29) is 25.2 Å². The van der Waals surface area contributed by atoms with Crippen molar-refractivity contribution in [2.75, 3.05) is 6.54 Å². The molecule has 29 heavy (non-hydrogen) atoms. The zero-order valence-electron chi connectivity index (χ0n) is 15.6. The molecule has 1 unspecified atom stereocenters. The first kappa shape index (κ1) is 20.7. The summed E-state index contributed by atoms with van der Waals surface area (Å²) in [6.45, 7) is 0.339. The van der Waals surface area contributed by atoms with Crippen LogP contribution in [-0.2, 0) is 27.4 Å². The monoisotopic (exact) mass is 415 g/mol. The molecule has 0 aliphatic carbocycles. The Bertz CT molecular complexity index is 846. The van der Waals surface area contributed by atoms with Crippen molar-refractivity contribution in [3.63, 3.8) is 0 Å². The number of benzene rings is 2. The van der Waals surface area contributed by atoms with Gasteiger partial charge in [-0.2, -0.15) is 0 Å². The molecule has 0 spiro atoms. The van der Waals surface area contributed by atoms with Crippen LogP contribution in [0.2, 0.25) is 0 Å². The molecule has 7 nitrogen and oxygen atoms in total. The molecule has 1 aliphatic rings. The zero-order valence-corrected chi connectivity index (χ0v) is 16.4. The fraction of sp³-hybridized carbons (Fsp3) is 0.238. The maximum atomic E-state index is 12.7. The number of rotatable bonds is 8. The lowest BCUT2D eigenvalue weighted by Gasteiger charge is -2.19. The fourth-order valence-corrected chi connectivity index (χ4v) is 2.94. The van der Waals surface area contributed by atoms with Crippen LogP contribution in [-0.4, -0.2) is 30.7 Å². The molecule has 0 saturated heterocycles. The zero-order chi connectivity index (χ0) is 20.5. The molecule has 1 aliphatic heterocycles. The predicted molar refractivity (Wildman–Crippen MR) is 109 cm³/mol. The Morgan fingerprint density at radius 2 is 1.72 bits per heavy atom. The average molecular weight is 416 g/mol. The van der Waals surface area contributed by atoms with Gasteiger partial charge in [-0.25, -0.2) is 4.79 Å². The minimum Gasteiger partial charge on any atom is -0.445 e. The number of hydrogen-bond donors (Lipinski definition) is 3. The second kappa shape index (κ2) is 10.5. The maximum Gasteiger partial charge on any atom is 0.408 e. The molecule has 2 aromatic carbocycles. The van der Waals surface area contributed by atoms with Crippen molar-refractivity contribution < 1.29 is 19.2 Å². The highest BCUT2D eigenvalue weighted by Crippen LogP contribution is 2.09. The predicted octanol–water partition coefficient (Wildman–Crippen LogP) is 2.62. The maximum absolute atomic E-state index is 12.7. The van der Waals surface area contributed by atoms with E-state index in [0.29, 0.717) is 11.6 Å². The van der Waals surface area contributed by atoms with E-state index in [1.165, 1.54) is 0 Å². The van der Waals surface area contributed by atoms with E-state index in [1.54, 1.807) is 6.08 Å². The first-order valence-electron chi connectivity index (χ1n) is 9.18. The number of halogens is 1. The summed E-state index contributed by atoms with van der Waals surface area (Å²) in [7, 11) is 0. The largest absolute Gasteiger partial charge is 0.445 e. The molecule has 8 heteroatoms. The summed E-state index contributed by atoms with van der Waals surface area (Å²) in [6.07, 6.45) is 0.934. The van der Waals surface area contributed by atoms with Crippen LogP contribution in [0.5, 0.6) is 0 Å². The smallest absolute Gasteiger partial charge is 0.408 e. The fourth-order valence-electron chi connectivity index (χ4n) is 2.75. The number of carbonyl (C=O) groups is 2. The van der Waals surface area contributed by atoms with Gasteiger partial charge in [0.15, 0.2) is 0 Å². The molecular weight excluding hydrogens is 394 g/mol. The van der Waals surface area contributed by atoms with Gasteiger partial charge in [0.1, 0.15) is 23.9 Å². The van der Waals surface area contributed by atoms with Crippen molar-refractivity contribution in [1.82, 2.24) is 16.1 Å². The van der Waals surface area contributed by atoms with Crippen molar-refractivity contribution in [3.8, 4) is 0 Å².